The SMILES string of the molecule is CC(=O)O[C@H]1CC[C@]2(C)C3=C(CC[C@H]2C1(C)C)[C@]1(C)CC[C@H]([C@H](C)CCC=C(C)C)[C@@]1(C)CC3=O. The van der Waals surface area contributed by atoms with E-state index in [1.165, 1.54) is 42.9 Å². The van der Waals surface area contributed by atoms with Gasteiger partial charge in [-0.3, -0.25) is 9.59 Å². The summed E-state index contributed by atoms with van der Waals surface area (Å²) in [6.45, 7) is 20.2. The summed E-state index contributed by atoms with van der Waals surface area (Å²) in [6, 6.07) is 0. The zero-order chi connectivity index (χ0) is 26.0. The number of ether oxygens (including phenoxy) is 1. The predicted octanol–water partition coefficient (Wildman–Crippen LogP) is 8.23. The van der Waals surface area contributed by atoms with Crippen molar-refractivity contribution in [2.24, 2.45) is 39.4 Å². The minimum Gasteiger partial charge on any atom is -0.462 e. The molecule has 0 aliphatic heterocycles. The average Bonchev–Trinajstić information content (AvgIpc) is 3.00. The Bertz CT molecular complexity index is 950. The molecule has 0 aromatic rings. The first-order chi connectivity index (χ1) is 16.2. The molecule has 7 atom stereocenters. The number of hydrogen-bond acceptors (Lipinski definition) is 3. The highest BCUT2D eigenvalue weighted by Crippen LogP contribution is 2.71. The van der Waals surface area contributed by atoms with Crippen molar-refractivity contribution in [3.63, 3.8) is 0 Å². The summed E-state index contributed by atoms with van der Waals surface area (Å²) in [5.41, 5.74) is 4.05. The van der Waals surface area contributed by atoms with Crippen molar-refractivity contribution in [2.75, 3.05) is 0 Å². The van der Waals surface area contributed by atoms with Gasteiger partial charge in [-0.05, 0) is 99.2 Å². The number of fused-ring (bicyclic) bond motifs is 4. The van der Waals surface area contributed by atoms with Gasteiger partial charge in [0.2, 0.25) is 0 Å². The monoisotopic (exact) mass is 482 g/mol. The van der Waals surface area contributed by atoms with Gasteiger partial charge in [0.15, 0.2) is 5.78 Å². The van der Waals surface area contributed by atoms with E-state index in [4.69, 9.17) is 4.74 Å². The van der Waals surface area contributed by atoms with Gasteiger partial charge in [-0.25, -0.2) is 0 Å². The van der Waals surface area contributed by atoms with E-state index in [9.17, 15) is 9.59 Å². The van der Waals surface area contributed by atoms with Crippen molar-refractivity contribution in [3.05, 3.63) is 22.8 Å². The average molecular weight is 483 g/mol. The van der Waals surface area contributed by atoms with Gasteiger partial charge in [0, 0.05) is 24.3 Å². The first-order valence-electron chi connectivity index (χ1n) is 14.3. The molecule has 196 valence electrons. The standard InChI is InChI=1S/C32H50O3/c1-20(2)11-10-12-21(3)23-15-18-31(8)24-13-14-26-29(5,6)27(35-22(4)33)16-17-30(26,7)28(24)25(34)19-32(23,31)9/h11,21,23,26-27H,10,12-19H2,1-9H3/t21-,23-,26+,27+,30+,31+,32-/m1/s1. The lowest BCUT2D eigenvalue weighted by molar-refractivity contribution is -0.168. The van der Waals surface area contributed by atoms with Gasteiger partial charge in [-0.1, -0.05) is 58.8 Å². The fraction of sp³-hybridized carbons (Fsp3) is 0.812. The third-order valence-corrected chi connectivity index (χ3v) is 11.7. The van der Waals surface area contributed by atoms with Crippen LogP contribution in [0.5, 0.6) is 0 Å². The van der Waals surface area contributed by atoms with Crippen molar-refractivity contribution in [1.82, 2.24) is 0 Å². The first kappa shape index (κ1) is 26.7. The smallest absolute Gasteiger partial charge is 0.302 e. The van der Waals surface area contributed by atoms with E-state index in [-0.39, 0.29) is 33.7 Å². The zero-order valence-electron chi connectivity index (χ0n) is 24.0. The number of allylic oxidation sites excluding steroid dienone is 4. The summed E-state index contributed by atoms with van der Waals surface area (Å²) in [6.07, 6.45) is 11.8. The lowest BCUT2D eigenvalue weighted by atomic mass is 9.43. The molecule has 0 radical (unpaired) electrons. The van der Waals surface area contributed by atoms with Crippen LogP contribution in [-0.2, 0) is 14.3 Å². The number of esters is 1. The Balaban J connectivity index is 1.68. The Morgan fingerprint density at radius 2 is 1.74 bits per heavy atom. The lowest BCUT2D eigenvalue weighted by Gasteiger charge is -2.61. The van der Waals surface area contributed by atoms with Gasteiger partial charge in [-0.2, -0.15) is 0 Å². The molecule has 0 spiro atoms. The minimum absolute atomic E-state index is 0.0565. The fourth-order valence-electron chi connectivity index (χ4n) is 9.67. The van der Waals surface area contributed by atoms with Crippen LogP contribution in [0.25, 0.3) is 0 Å². The molecule has 0 saturated heterocycles. The van der Waals surface area contributed by atoms with Crippen LogP contribution < -0.4 is 0 Å². The van der Waals surface area contributed by atoms with Crippen LogP contribution in [0.2, 0.25) is 0 Å². The van der Waals surface area contributed by atoms with Crippen molar-refractivity contribution in [2.45, 2.75) is 126 Å². The molecule has 0 aromatic carbocycles. The van der Waals surface area contributed by atoms with E-state index in [1.807, 2.05) is 0 Å². The Morgan fingerprint density at radius 1 is 1.06 bits per heavy atom. The minimum atomic E-state index is -0.185. The molecule has 4 aliphatic rings. The molecule has 0 heterocycles. The number of carbonyl (C=O) groups is 2. The number of hydrogen-bond donors (Lipinski definition) is 0. The fourth-order valence-corrected chi connectivity index (χ4v) is 9.67. The number of ketones is 1. The second kappa shape index (κ2) is 8.88. The van der Waals surface area contributed by atoms with Crippen LogP contribution in [0, 0.1) is 39.4 Å². The van der Waals surface area contributed by atoms with Crippen molar-refractivity contribution in [1.29, 1.82) is 0 Å². The van der Waals surface area contributed by atoms with E-state index in [2.05, 4.69) is 61.5 Å². The molecule has 0 aromatic heterocycles. The Hall–Kier alpha value is -1.38. The molecule has 0 N–H and O–H groups in total. The Labute approximate surface area is 214 Å². The summed E-state index contributed by atoms with van der Waals surface area (Å²) in [5.74, 6) is 1.85. The van der Waals surface area contributed by atoms with Gasteiger partial charge in [0.05, 0.1) is 0 Å². The van der Waals surface area contributed by atoms with Gasteiger partial charge >= 0.3 is 5.97 Å². The van der Waals surface area contributed by atoms with Crippen molar-refractivity contribution >= 4 is 11.8 Å². The van der Waals surface area contributed by atoms with Gasteiger partial charge in [0.25, 0.3) is 0 Å². The molecule has 3 heteroatoms. The molecule has 0 bridgehead atoms. The summed E-state index contributed by atoms with van der Waals surface area (Å²) in [4.78, 5) is 26.0. The molecule has 35 heavy (non-hydrogen) atoms. The van der Waals surface area contributed by atoms with E-state index >= 15 is 0 Å². The van der Waals surface area contributed by atoms with Crippen molar-refractivity contribution < 1.29 is 14.3 Å². The number of rotatable bonds is 5. The van der Waals surface area contributed by atoms with Crippen LogP contribution in [0.4, 0.5) is 0 Å². The summed E-state index contributed by atoms with van der Waals surface area (Å²) in [7, 11) is 0. The highest BCUT2D eigenvalue weighted by Gasteiger charge is 2.65. The maximum atomic E-state index is 14.2. The lowest BCUT2D eigenvalue weighted by Crippen LogP contribution is -2.57. The second-order valence-corrected chi connectivity index (χ2v) is 14.2. The molecule has 2 saturated carbocycles. The molecular weight excluding hydrogens is 432 g/mol. The molecular formula is C32H50O3. The van der Waals surface area contributed by atoms with Crippen LogP contribution in [0.3, 0.4) is 0 Å². The maximum absolute atomic E-state index is 14.2. The normalized spacial score (nSPS) is 40.9. The van der Waals surface area contributed by atoms with Crippen LogP contribution in [-0.4, -0.2) is 17.9 Å². The van der Waals surface area contributed by atoms with Gasteiger partial charge < -0.3 is 4.74 Å². The third-order valence-electron chi connectivity index (χ3n) is 11.7. The molecule has 0 unspecified atom stereocenters. The highest BCUT2D eigenvalue weighted by molar-refractivity contribution is 6.00. The Kier molecular flexibility index (Phi) is 6.76. The van der Waals surface area contributed by atoms with Gasteiger partial charge in [-0.15, -0.1) is 0 Å². The number of carbonyl (C=O) groups excluding carboxylic acids is 2. The third kappa shape index (κ3) is 3.98. The van der Waals surface area contributed by atoms with Crippen molar-refractivity contribution in [3.8, 4) is 0 Å². The quantitative estimate of drug-likeness (QED) is 0.293. The molecule has 4 rings (SSSR count). The summed E-state index contributed by atoms with van der Waals surface area (Å²) in [5, 5.41) is 0. The highest BCUT2D eigenvalue weighted by atomic mass is 16.5. The van der Waals surface area contributed by atoms with E-state index in [0.717, 1.165) is 32.1 Å². The van der Waals surface area contributed by atoms with Crippen LogP contribution in [0.1, 0.15) is 120 Å². The predicted molar refractivity (Wildman–Crippen MR) is 143 cm³/mol. The zero-order valence-corrected chi connectivity index (χ0v) is 24.0. The largest absolute Gasteiger partial charge is 0.462 e. The first-order valence-corrected chi connectivity index (χ1v) is 14.3. The molecule has 3 nitrogen and oxygen atoms in total. The molecule has 2 fully saturated rings. The summed E-state index contributed by atoms with van der Waals surface area (Å²) >= 11 is 0. The van der Waals surface area contributed by atoms with Crippen LogP contribution in [0.15, 0.2) is 22.8 Å². The van der Waals surface area contributed by atoms with Gasteiger partial charge in [0.1, 0.15) is 6.10 Å². The van der Waals surface area contributed by atoms with E-state index in [0.29, 0.717) is 30.0 Å². The van der Waals surface area contributed by atoms with E-state index < -0.39 is 0 Å². The Morgan fingerprint density at radius 3 is 2.37 bits per heavy atom. The maximum Gasteiger partial charge on any atom is 0.302 e. The van der Waals surface area contributed by atoms with E-state index in [1.54, 1.807) is 0 Å². The topological polar surface area (TPSA) is 43.4 Å². The van der Waals surface area contributed by atoms with Crippen LogP contribution >= 0.6 is 0 Å². The summed E-state index contributed by atoms with van der Waals surface area (Å²) < 4.78 is 5.81. The number of Topliss-reactive ketones (excluding diaryl/α,β-unsaturated/α-hetero) is 1. The molecule has 4 aliphatic carbocycles. The molecule has 0 amide bonds. The second-order valence-electron chi connectivity index (χ2n) is 14.2.